The molecule has 0 spiro atoms. The van der Waals surface area contributed by atoms with Gasteiger partial charge in [-0.15, -0.1) is 23.2 Å². The summed E-state index contributed by atoms with van der Waals surface area (Å²) in [6, 6.07) is 22.7. The zero-order valence-corrected chi connectivity index (χ0v) is 38.0. The molecular weight excluding hydrogens is 902 g/mol. The fraction of sp³-hybridized carbons (Fsp3) is 0.217. The maximum atomic E-state index is 13.6. The summed E-state index contributed by atoms with van der Waals surface area (Å²) in [5, 5.41) is 27.6. The number of nitrogens with zero attached hydrogens (tertiary/aromatic N) is 4. The average molecular weight is 945 g/mol. The van der Waals surface area contributed by atoms with Crippen LogP contribution in [0, 0.1) is 0 Å². The lowest BCUT2D eigenvalue weighted by molar-refractivity contribution is -0.127. The van der Waals surface area contributed by atoms with Gasteiger partial charge in [0.1, 0.15) is 11.4 Å². The number of anilines is 4. The summed E-state index contributed by atoms with van der Waals surface area (Å²) in [6.45, 7) is 6.07. The van der Waals surface area contributed by atoms with E-state index in [1.54, 1.807) is 48.5 Å². The summed E-state index contributed by atoms with van der Waals surface area (Å²) >= 11 is 24.6. The number of ketones is 2. The molecule has 18 heteroatoms. The molecule has 0 aliphatic carbocycles. The summed E-state index contributed by atoms with van der Waals surface area (Å²) in [5.41, 5.74) is 5.20. The van der Waals surface area contributed by atoms with Gasteiger partial charge in [0.15, 0.2) is 11.6 Å². The van der Waals surface area contributed by atoms with Crippen LogP contribution in [0.4, 0.5) is 34.1 Å². The van der Waals surface area contributed by atoms with Crippen molar-refractivity contribution >= 4 is 116 Å². The van der Waals surface area contributed by atoms with E-state index in [4.69, 9.17) is 46.4 Å². The summed E-state index contributed by atoms with van der Waals surface area (Å²) in [6.07, 6.45) is 0.789. The van der Waals surface area contributed by atoms with Gasteiger partial charge in [-0.25, -0.2) is 0 Å². The summed E-state index contributed by atoms with van der Waals surface area (Å²) in [4.78, 5) is 78.8. The van der Waals surface area contributed by atoms with E-state index >= 15 is 0 Å². The standard InChI is InChI=1S/C46H42Cl4N8O6/c1-5-33-34(6-2)38(54-46(64)42(26(4)60)58-56-40-22-30(14-16-36(40)50)44(62)52-32-12-8-10-28(20-32)24-48)18-17-37(33)53-45(63)41(25(3)59)57-55-39-21-29(13-15-35(39)49)43(61)51-31-11-7-9-27(19-31)23-47/h7-22,41-42H,5-6,23-24H2,1-4H3,(H,51,61)(H,52,62)(H,53,63)(H,54,64). The number of Topliss-reactive ketones (excluding diaryl/α,β-unsaturated/α-hetero) is 2. The third-order valence-corrected chi connectivity index (χ3v) is 10.8. The minimum Gasteiger partial charge on any atom is -0.323 e. The minimum atomic E-state index is -1.58. The minimum absolute atomic E-state index is 0.0542. The van der Waals surface area contributed by atoms with Crippen molar-refractivity contribution in [3.8, 4) is 0 Å². The molecule has 0 saturated heterocycles. The van der Waals surface area contributed by atoms with Crippen LogP contribution < -0.4 is 21.3 Å². The van der Waals surface area contributed by atoms with E-state index in [0.717, 1.165) is 11.1 Å². The molecule has 4 N–H and O–H groups in total. The third kappa shape index (κ3) is 12.7. The van der Waals surface area contributed by atoms with Gasteiger partial charge in [0.2, 0.25) is 12.1 Å². The van der Waals surface area contributed by atoms with Gasteiger partial charge in [0.25, 0.3) is 23.6 Å². The van der Waals surface area contributed by atoms with Crippen molar-refractivity contribution in [2.75, 3.05) is 21.3 Å². The highest BCUT2D eigenvalue weighted by Gasteiger charge is 2.27. The van der Waals surface area contributed by atoms with Gasteiger partial charge in [-0.1, -0.05) is 61.3 Å². The Kier molecular flexibility index (Phi) is 17.4. The van der Waals surface area contributed by atoms with E-state index < -0.39 is 47.3 Å². The molecule has 5 rings (SSSR count). The predicted octanol–water partition coefficient (Wildman–Crippen LogP) is 11.5. The topological polar surface area (TPSA) is 200 Å². The number of rotatable bonds is 18. The highest BCUT2D eigenvalue weighted by molar-refractivity contribution is 6.33. The number of carbonyl (C=O) groups excluding carboxylic acids is 6. The second-order valence-electron chi connectivity index (χ2n) is 14.2. The van der Waals surface area contributed by atoms with Crippen LogP contribution in [0.1, 0.15) is 70.7 Å². The van der Waals surface area contributed by atoms with Crippen LogP contribution in [-0.4, -0.2) is 47.3 Å². The number of hydrogen-bond acceptors (Lipinski definition) is 10. The van der Waals surface area contributed by atoms with E-state index in [9.17, 15) is 28.8 Å². The maximum Gasteiger partial charge on any atom is 0.258 e. The van der Waals surface area contributed by atoms with E-state index in [1.165, 1.54) is 50.2 Å². The van der Waals surface area contributed by atoms with Gasteiger partial charge in [-0.3, -0.25) is 28.8 Å². The van der Waals surface area contributed by atoms with E-state index in [0.29, 0.717) is 46.7 Å². The molecule has 0 saturated carbocycles. The number of carbonyl (C=O) groups is 6. The van der Waals surface area contributed by atoms with Gasteiger partial charge < -0.3 is 21.3 Å². The molecule has 0 fully saturated rings. The second kappa shape index (κ2) is 22.9. The zero-order chi connectivity index (χ0) is 46.5. The Labute approximate surface area is 389 Å². The lowest BCUT2D eigenvalue weighted by Gasteiger charge is -2.20. The van der Waals surface area contributed by atoms with Crippen molar-refractivity contribution in [2.24, 2.45) is 20.5 Å². The smallest absolute Gasteiger partial charge is 0.258 e. The summed E-state index contributed by atoms with van der Waals surface area (Å²) in [7, 11) is 0. The molecule has 0 bridgehead atoms. The van der Waals surface area contributed by atoms with Crippen LogP contribution in [0.15, 0.2) is 118 Å². The molecule has 5 aromatic rings. The van der Waals surface area contributed by atoms with Crippen LogP contribution in [0.2, 0.25) is 10.0 Å². The molecule has 0 radical (unpaired) electrons. The lowest BCUT2D eigenvalue weighted by Crippen LogP contribution is -2.33. The van der Waals surface area contributed by atoms with E-state index in [1.807, 2.05) is 26.0 Å². The molecule has 2 atom stereocenters. The molecule has 5 aromatic carbocycles. The molecule has 14 nitrogen and oxygen atoms in total. The Hall–Kier alpha value is -6.32. The van der Waals surface area contributed by atoms with E-state index in [-0.39, 0.29) is 44.3 Å². The van der Waals surface area contributed by atoms with Crippen LogP contribution >= 0.6 is 46.4 Å². The molecule has 0 heterocycles. The van der Waals surface area contributed by atoms with Crippen LogP contribution in [-0.2, 0) is 43.8 Å². The Morgan fingerprint density at radius 3 is 1.27 bits per heavy atom. The molecular formula is C46H42Cl4N8O6. The molecule has 0 aliphatic rings. The van der Waals surface area contributed by atoms with Crippen molar-refractivity contribution in [1.82, 2.24) is 0 Å². The SMILES string of the molecule is CCc1c(NC(=O)C(N=Nc2cc(C(=O)Nc3cccc(CCl)c3)ccc2Cl)C(C)=O)ccc(NC(=O)C(N=Nc2cc(C(=O)Nc3cccc(CCl)c3)ccc2Cl)C(C)=O)c1CC. The van der Waals surface area contributed by atoms with E-state index in [2.05, 4.69) is 41.7 Å². The Balaban J connectivity index is 1.30. The Morgan fingerprint density at radius 1 is 0.531 bits per heavy atom. The molecule has 4 amide bonds. The predicted molar refractivity (Wildman–Crippen MR) is 251 cm³/mol. The first-order valence-electron chi connectivity index (χ1n) is 19.8. The van der Waals surface area contributed by atoms with Crippen molar-refractivity contribution < 1.29 is 28.8 Å². The first kappa shape index (κ1) is 48.7. The molecule has 0 aliphatic heterocycles. The highest BCUT2D eigenvalue weighted by atomic mass is 35.5. The summed E-state index contributed by atoms with van der Waals surface area (Å²) in [5.74, 6) is -3.17. The largest absolute Gasteiger partial charge is 0.323 e. The fourth-order valence-corrected chi connectivity index (χ4v) is 6.99. The monoisotopic (exact) mass is 942 g/mol. The molecule has 2 unspecified atom stereocenters. The van der Waals surface area contributed by atoms with Crippen molar-refractivity contribution in [1.29, 1.82) is 0 Å². The third-order valence-electron chi connectivity index (χ3n) is 9.58. The molecule has 64 heavy (non-hydrogen) atoms. The highest BCUT2D eigenvalue weighted by Crippen LogP contribution is 2.32. The number of hydrogen-bond donors (Lipinski definition) is 4. The van der Waals surface area contributed by atoms with Gasteiger partial charge in [0, 0.05) is 45.6 Å². The van der Waals surface area contributed by atoms with Crippen molar-refractivity contribution in [2.45, 2.75) is 64.4 Å². The van der Waals surface area contributed by atoms with Gasteiger partial charge >= 0.3 is 0 Å². The van der Waals surface area contributed by atoms with Crippen LogP contribution in [0.25, 0.3) is 0 Å². The quantitative estimate of drug-likeness (QED) is 0.0382. The summed E-state index contributed by atoms with van der Waals surface area (Å²) < 4.78 is 0. The second-order valence-corrected chi connectivity index (χ2v) is 15.5. The number of alkyl halides is 2. The normalized spacial score (nSPS) is 12.1. The van der Waals surface area contributed by atoms with Crippen LogP contribution in [0.5, 0.6) is 0 Å². The lowest BCUT2D eigenvalue weighted by atomic mass is 9.98. The maximum absolute atomic E-state index is 13.6. The van der Waals surface area contributed by atoms with Crippen molar-refractivity contribution in [3.63, 3.8) is 0 Å². The Morgan fingerprint density at radius 2 is 0.922 bits per heavy atom. The number of amides is 4. The van der Waals surface area contributed by atoms with Crippen LogP contribution in [0.3, 0.4) is 0 Å². The van der Waals surface area contributed by atoms with Gasteiger partial charge in [0.05, 0.1) is 10.0 Å². The number of azo groups is 2. The first-order valence-corrected chi connectivity index (χ1v) is 21.6. The number of benzene rings is 5. The fourth-order valence-electron chi connectivity index (χ4n) is 6.35. The zero-order valence-electron chi connectivity index (χ0n) is 35.0. The average Bonchev–Trinajstić information content (AvgIpc) is 3.27. The molecule has 0 aromatic heterocycles. The first-order chi connectivity index (χ1) is 30.6. The Bertz CT molecular complexity index is 2490. The number of nitrogens with one attached hydrogen (secondary N) is 4. The number of halogens is 4. The molecule has 330 valence electrons. The van der Waals surface area contributed by atoms with Gasteiger partial charge in [-0.2, -0.15) is 20.5 Å². The van der Waals surface area contributed by atoms with Crippen molar-refractivity contribution in [3.05, 3.63) is 140 Å². The van der Waals surface area contributed by atoms with Gasteiger partial charge in [-0.05, 0) is 122 Å².